The highest BCUT2D eigenvalue weighted by molar-refractivity contribution is 5.98. The van der Waals surface area contributed by atoms with E-state index in [9.17, 15) is 14.4 Å². The van der Waals surface area contributed by atoms with E-state index in [1.807, 2.05) is 32.4 Å². The molecule has 0 aromatic heterocycles. The Morgan fingerprint density at radius 1 is 1.08 bits per heavy atom. The fourth-order valence-electron chi connectivity index (χ4n) is 2.25. The van der Waals surface area contributed by atoms with Gasteiger partial charge in [0.2, 0.25) is 17.7 Å². The monoisotopic (exact) mass is 356 g/mol. The standard InChI is InChI=1S/C20H26N3O3/c1-6-7-8-16-9-11-17(12-10-16)23-19(25)14(4)21-20(26)18(13(2)3)22-15(5)24/h1,8-14,18H,7H2,2-5H3,(H,21,26)(H,22,24)(H,23,25)/t14-,18-/m0/s1. The van der Waals surface area contributed by atoms with Crippen molar-refractivity contribution in [3.05, 3.63) is 36.2 Å². The topological polar surface area (TPSA) is 87.3 Å². The number of hydrogen-bond acceptors (Lipinski definition) is 3. The summed E-state index contributed by atoms with van der Waals surface area (Å²) in [5.74, 6) is 1.41. The lowest BCUT2D eigenvalue weighted by Crippen LogP contribution is -2.53. The van der Waals surface area contributed by atoms with Crippen molar-refractivity contribution >= 4 is 23.4 Å². The summed E-state index contributed by atoms with van der Waals surface area (Å²) >= 11 is 0. The quantitative estimate of drug-likeness (QED) is 0.622. The van der Waals surface area contributed by atoms with E-state index in [4.69, 9.17) is 6.42 Å². The molecule has 0 saturated carbocycles. The summed E-state index contributed by atoms with van der Waals surface area (Å²) < 4.78 is 0. The molecule has 0 saturated heterocycles. The van der Waals surface area contributed by atoms with Gasteiger partial charge in [-0.15, -0.1) is 12.3 Å². The van der Waals surface area contributed by atoms with Crippen LogP contribution in [0.3, 0.4) is 0 Å². The number of carbonyl (C=O) groups is 3. The van der Waals surface area contributed by atoms with Gasteiger partial charge in [-0.1, -0.05) is 26.0 Å². The Balaban J connectivity index is 2.62. The molecule has 1 aromatic carbocycles. The van der Waals surface area contributed by atoms with Crippen LogP contribution in [-0.4, -0.2) is 29.8 Å². The maximum absolute atomic E-state index is 12.3. The average molecular weight is 356 g/mol. The van der Waals surface area contributed by atoms with Crippen LogP contribution in [0, 0.1) is 24.7 Å². The van der Waals surface area contributed by atoms with Crippen molar-refractivity contribution in [3.8, 4) is 12.3 Å². The van der Waals surface area contributed by atoms with E-state index >= 15 is 0 Å². The lowest BCUT2D eigenvalue weighted by molar-refractivity contribution is -0.131. The fourth-order valence-corrected chi connectivity index (χ4v) is 2.25. The summed E-state index contributed by atoms with van der Waals surface area (Å²) in [6.07, 6.45) is 7.66. The van der Waals surface area contributed by atoms with Gasteiger partial charge in [-0.2, -0.15) is 0 Å². The van der Waals surface area contributed by atoms with Crippen LogP contribution in [0.1, 0.15) is 39.7 Å². The van der Waals surface area contributed by atoms with E-state index in [0.29, 0.717) is 12.1 Å². The Bertz CT molecular complexity index is 675. The summed E-state index contributed by atoms with van der Waals surface area (Å²) in [6, 6.07) is 5.80. The lowest BCUT2D eigenvalue weighted by Gasteiger charge is -2.23. The molecule has 3 amide bonds. The molecule has 6 heteroatoms. The third kappa shape index (κ3) is 6.98. The van der Waals surface area contributed by atoms with Crippen LogP contribution in [0.25, 0.3) is 0 Å². The third-order valence-electron chi connectivity index (χ3n) is 3.69. The molecule has 0 fully saturated rings. The maximum Gasteiger partial charge on any atom is 0.246 e. The van der Waals surface area contributed by atoms with Crippen molar-refractivity contribution in [2.24, 2.45) is 5.92 Å². The number of carbonyl (C=O) groups excluding carboxylic acids is 3. The van der Waals surface area contributed by atoms with Crippen molar-refractivity contribution in [1.82, 2.24) is 10.6 Å². The molecule has 0 unspecified atom stereocenters. The molecule has 2 atom stereocenters. The highest BCUT2D eigenvalue weighted by Gasteiger charge is 2.26. The molecule has 6 nitrogen and oxygen atoms in total. The molecular formula is C20H26N3O3. The van der Waals surface area contributed by atoms with E-state index in [0.717, 1.165) is 5.56 Å². The first-order chi connectivity index (χ1) is 12.2. The van der Waals surface area contributed by atoms with Crippen LogP contribution in [-0.2, 0) is 14.4 Å². The minimum atomic E-state index is -0.745. The zero-order valence-corrected chi connectivity index (χ0v) is 15.6. The second-order valence-corrected chi connectivity index (χ2v) is 6.38. The first-order valence-corrected chi connectivity index (χ1v) is 8.49. The minimum absolute atomic E-state index is 0.0963. The Hall–Kier alpha value is -2.81. The molecule has 139 valence electrons. The van der Waals surface area contributed by atoms with Crippen LogP contribution >= 0.6 is 0 Å². The normalized spacial score (nSPS) is 12.6. The van der Waals surface area contributed by atoms with Gasteiger partial charge in [-0.05, 0) is 30.5 Å². The van der Waals surface area contributed by atoms with Crippen LogP contribution in [0.15, 0.2) is 24.3 Å². The smallest absolute Gasteiger partial charge is 0.246 e. The number of benzene rings is 1. The summed E-state index contributed by atoms with van der Waals surface area (Å²) in [6.45, 7) is 6.59. The van der Waals surface area contributed by atoms with Gasteiger partial charge in [0.1, 0.15) is 12.1 Å². The maximum atomic E-state index is 12.3. The molecule has 1 radical (unpaired) electrons. The van der Waals surface area contributed by atoms with Crippen molar-refractivity contribution in [2.45, 2.75) is 46.2 Å². The first kappa shape index (κ1) is 21.2. The van der Waals surface area contributed by atoms with Crippen molar-refractivity contribution in [1.29, 1.82) is 0 Å². The van der Waals surface area contributed by atoms with E-state index in [-0.39, 0.29) is 17.7 Å². The number of terminal acetylenes is 1. The predicted molar refractivity (Wildman–Crippen MR) is 102 cm³/mol. The predicted octanol–water partition coefficient (Wildman–Crippen LogP) is 1.87. The number of rotatable bonds is 8. The van der Waals surface area contributed by atoms with Gasteiger partial charge in [0, 0.05) is 25.5 Å². The van der Waals surface area contributed by atoms with Gasteiger partial charge >= 0.3 is 0 Å². The van der Waals surface area contributed by atoms with Crippen molar-refractivity contribution in [3.63, 3.8) is 0 Å². The zero-order chi connectivity index (χ0) is 19.7. The number of amides is 3. The van der Waals surface area contributed by atoms with Crippen LogP contribution in [0.2, 0.25) is 0 Å². The number of hydrogen-bond donors (Lipinski definition) is 3. The molecule has 0 aliphatic carbocycles. The van der Waals surface area contributed by atoms with Crippen molar-refractivity contribution < 1.29 is 14.4 Å². The Kier molecular flexibility index (Phi) is 8.36. The highest BCUT2D eigenvalue weighted by Crippen LogP contribution is 2.12. The van der Waals surface area contributed by atoms with Gasteiger partial charge in [0.05, 0.1) is 0 Å². The molecule has 0 aliphatic rings. The SMILES string of the molecule is C#CC[CH]c1ccc(NC(=O)[C@H](C)NC(=O)[C@@H](NC(C)=O)C(C)C)cc1. The van der Waals surface area contributed by atoms with Gasteiger partial charge in [-0.3, -0.25) is 14.4 Å². The fraction of sp³-hybridized carbons (Fsp3) is 0.400. The highest BCUT2D eigenvalue weighted by atomic mass is 16.2. The van der Waals surface area contributed by atoms with Crippen LogP contribution in [0.5, 0.6) is 0 Å². The second-order valence-electron chi connectivity index (χ2n) is 6.38. The molecule has 0 heterocycles. The molecular weight excluding hydrogens is 330 g/mol. The van der Waals surface area contributed by atoms with Crippen LogP contribution in [0.4, 0.5) is 5.69 Å². The van der Waals surface area contributed by atoms with Gasteiger partial charge in [0.15, 0.2) is 0 Å². The van der Waals surface area contributed by atoms with Gasteiger partial charge in [-0.25, -0.2) is 0 Å². The van der Waals surface area contributed by atoms with E-state index < -0.39 is 18.0 Å². The second kappa shape index (κ2) is 10.2. The number of anilines is 1. The summed E-state index contributed by atoms with van der Waals surface area (Å²) in [7, 11) is 0. The molecule has 1 aromatic rings. The van der Waals surface area contributed by atoms with Gasteiger partial charge < -0.3 is 16.0 Å². The molecule has 1 rings (SSSR count). The third-order valence-corrected chi connectivity index (χ3v) is 3.69. The Labute approximate surface area is 155 Å². The van der Waals surface area contributed by atoms with E-state index in [1.54, 1.807) is 19.1 Å². The largest absolute Gasteiger partial charge is 0.344 e. The molecule has 0 bridgehead atoms. The summed E-state index contributed by atoms with van der Waals surface area (Å²) in [5.41, 5.74) is 1.59. The molecule has 0 aliphatic heterocycles. The summed E-state index contributed by atoms with van der Waals surface area (Å²) in [4.78, 5) is 35.8. The zero-order valence-electron chi connectivity index (χ0n) is 15.6. The Morgan fingerprint density at radius 2 is 1.69 bits per heavy atom. The lowest BCUT2D eigenvalue weighted by atomic mass is 10.0. The van der Waals surface area contributed by atoms with E-state index in [1.165, 1.54) is 6.92 Å². The summed E-state index contributed by atoms with van der Waals surface area (Å²) in [5, 5.41) is 7.97. The molecule has 26 heavy (non-hydrogen) atoms. The average Bonchev–Trinajstić information content (AvgIpc) is 2.58. The Morgan fingerprint density at radius 3 is 2.19 bits per heavy atom. The molecule has 3 N–H and O–H groups in total. The van der Waals surface area contributed by atoms with E-state index in [2.05, 4.69) is 21.9 Å². The number of nitrogens with one attached hydrogen (secondary N) is 3. The minimum Gasteiger partial charge on any atom is -0.344 e. The first-order valence-electron chi connectivity index (χ1n) is 8.49. The van der Waals surface area contributed by atoms with Crippen molar-refractivity contribution in [2.75, 3.05) is 5.32 Å². The molecule has 0 spiro atoms. The van der Waals surface area contributed by atoms with Gasteiger partial charge in [0.25, 0.3) is 0 Å². The van der Waals surface area contributed by atoms with Crippen LogP contribution < -0.4 is 16.0 Å².